The van der Waals surface area contributed by atoms with Crippen molar-refractivity contribution in [1.29, 1.82) is 0 Å². The summed E-state index contributed by atoms with van der Waals surface area (Å²) in [7, 11) is 0. The van der Waals surface area contributed by atoms with E-state index in [0.29, 0.717) is 0 Å². The van der Waals surface area contributed by atoms with Crippen LogP contribution >= 0.6 is 22.7 Å². The summed E-state index contributed by atoms with van der Waals surface area (Å²) in [5.41, 5.74) is 7.34. The van der Waals surface area contributed by atoms with Crippen molar-refractivity contribution in [1.82, 2.24) is 9.97 Å². The Morgan fingerprint density at radius 2 is 1.79 bits per heavy atom. The summed E-state index contributed by atoms with van der Waals surface area (Å²) in [6, 6.07) is 8.26. The molecular weight excluding hydrogens is 336 g/mol. The first-order valence-corrected chi connectivity index (χ1v) is 9.45. The number of hydrogen-bond acceptors (Lipinski definition) is 6. The normalized spacial score (nSPS) is 12.0. The highest BCUT2D eigenvalue weighted by atomic mass is 32.1. The first-order valence-electron chi connectivity index (χ1n) is 7.69. The molecule has 1 aromatic carbocycles. The van der Waals surface area contributed by atoms with E-state index in [1.54, 1.807) is 28.9 Å². The van der Waals surface area contributed by atoms with Gasteiger partial charge < -0.3 is 0 Å². The van der Waals surface area contributed by atoms with E-state index in [2.05, 4.69) is 53.8 Å². The summed E-state index contributed by atoms with van der Waals surface area (Å²) in [6.07, 6.45) is 1.79. The third-order valence-electron chi connectivity index (χ3n) is 3.42. The monoisotopic (exact) mass is 356 g/mol. The average molecular weight is 357 g/mol. The molecule has 2 heterocycles. The van der Waals surface area contributed by atoms with Gasteiger partial charge in [-0.05, 0) is 12.5 Å². The maximum atomic E-state index is 4.75. The number of anilines is 1. The van der Waals surface area contributed by atoms with Crippen LogP contribution < -0.4 is 5.43 Å². The highest BCUT2D eigenvalue weighted by Gasteiger charge is 2.17. The fourth-order valence-electron chi connectivity index (χ4n) is 2.03. The predicted molar refractivity (Wildman–Crippen MR) is 104 cm³/mol. The molecule has 0 saturated heterocycles. The van der Waals surface area contributed by atoms with E-state index < -0.39 is 0 Å². The SMILES string of the molecule is Cc1csc(NN=Cc2ccc(-c3nc(C(C)(C)C)cs3)cc2)n1. The van der Waals surface area contributed by atoms with Gasteiger partial charge in [-0.15, -0.1) is 22.7 Å². The van der Waals surface area contributed by atoms with Crippen molar-refractivity contribution in [3.63, 3.8) is 0 Å². The molecule has 24 heavy (non-hydrogen) atoms. The number of rotatable bonds is 4. The predicted octanol–water partition coefficient (Wildman–Crippen LogP) is 5.32. The molecular formula is C18H20N4S2. The van der Waals surface area contributed by atoms with Crippen LogP contribution in [0.3, 0.4) is 0 Å². The number of hydrazone groups is 1. The van der Waals surface area contributed by atoms with Gasteiger partial charge in [0.15, 0.2) is 0 Å². The van der Waals surface area contributed by atoms with Gasteiger partial charge in [0, 0.05) is 21.7 Å². The van der Waals surface area contributed by atoms with Crippen molar-refractivity contribution in [2.75, 3.05) is 5.43 Å². The maximum absolute atomic E-state index is 4.75. The number of nitrogens with one attached hydrogen (secondary N) is 1. The lowest BCUT2D eigenvalue weighted by Crippen LogP contribution is -2.11. The molecule has 1 N–H and O–H groups in total. The summed E-state index contributed by atoms with van der Waals surface area (Å²) < 4.78 is 0. The van der Waals surface area contributed by atoms with Gasteiger partial charge >= 0.3 is 0 Å². The van der Waals surface area contributed by atoms with Crippen LogP contribution in [0.5, 0.6) is 0 Å². The van der Waals surface area contributed by atoms with Gasteiger partial charge in [-0.25, -0.2) is 9.97 Å². The lowest BCUT2D eigenvalue weighted by molar-refractivity contribution is 0.573. The minimum atomic E-state index is 0.0845. The van der Waals surface area contributed by atoms with Crippen LogP contribution in [-0.4, -0.2) is 16.2 Å². The zero-order valence-electron chi connectivity index (χ0n) is 14.2. The molecule has 0 aliphatic rings. The molecule has 0 amide bonds. The summed E-state index contributed by atoms with van der Waals surface area (Å²) in [4.78, 5) is 9.06. The second-order valence-corrected chi connectivity index (χ2v) is 8.29. The number of hydrogen-bond donors (Lipinski definition) is 1. The molecule has 0 aliphatic carbocycles. The number of aryl methyl sites for hydroxylation is 1. The van der Waals surface area contributed by atoms with E-state index in [1.165, 1.54) is 0 Å². The van der Waals surface area contributed by atoms with Crippen LogP contribution in [0.15, 0.2) is 40.1 Å². The zero-order valence-corrected chi connectivity index (χ0v) is 15.8. The van der Waals surface area contributed by atoms with Crippen LogP contribution in [0.4, 0.5) is 5.13 Å². The molecule has 124 valence electrons. The smallest absolute Gasteiger partial charge is 0.203 e. The average Bonchev–Trinajstić information content (AvgIpc) is 3.17. The van der Waals surface area contributed by atoms with Gasteiger partial charge in [0.1, 0.15) is 5.01 Å². The summed E-state index contributed by atoms with van der Waals surface area (Å²) in [5.74, 6) is 0. The fraction of sp³-hybridized carbons (Fsp3) is 0.278. The van der Waals surface area contributed by atoms with Gasteiger partial charge in [0.2, 0.25) is 5.13 Å². The molecule has 0 saturated carbocycles. The van der Waals surface area contributed by atoms with Crippen LogP contribution in [0.1, 0.15) is 37.7 Å². The Morgan fingerprint density at radius 3 is 2.38 bits per heavy atom. The quantitative estimate of drug-likeness (QED) is 0.508. The first-order chi connectivity index (χ1) is 11.4. The lowest BCUT2D eigenvalue weighted by Gasteiger charge is -2.14. The van der Waals surface area contributed by atoms with Crippen molar-refractivity contribution >= 4 is 34.0 Å². The lowest BCUT2D eigenvalue weighted by atomic mass is 9.93. The second kappa shape index (κ2) is 6.83. The zero-order chi connectivity index (χ0) is 17.2. The standard InChI is InChI=1S/C18H20N4S2/c1-12-10-24-17(20-12)22-19-9-13-5-7-14(8-6-13)16-21-15(11-23-16)18(2,3)4/h5-11H,1-4H3,(H,20,22). The minimum Gasteiger partial charge on any atom is -0.253 e. The molecule has 0 radical (unpaired) electrons. The molecule has 3 aromatic rings. The van der Waals surface area contributed by atoms with Crippen LogP contribution in [0.25, 0.3) is 10.6 Å². The van der Waals surface area contributed by atoms with Gasteiger partial charge in [-0.3, -0.25) is 5.43 Å². The number of thiazole rings is 2. The topological polar surface area (TPSA) is 50.2 Å². The van der Waals surface area contributed by atoms with Gasteiger partial charge in [-0.2, -0.15) is 5.10 Å². The first kappa shape index (κ1) is 16.8. The van der Waals surface area contributed by atoms with Crippen LogP contribution in [0.2, 0.25) is 0 Å². The number of benzene rings is 1. The van der Waals surface area contributed by atoms with Crippen molar-refractivity contribution in [2.24, 2.45) is 5.10 Å². The van der Waals surface area contributed by atoms with Crippen molar-refractivity contribution in [2.45, 2.75) is 33.1 Å². The maximum Gasteiger partial charge on any atom is 0.203 e. The van der Waals surface area contributed by atoms with Crippen molar-refractivity contribution in [3.05, 3.63) is 52.0 Å². The summed E-state index contributed by atoms with van der Waals surface area (Å²) in [5, 5.41) is 10.2. The molecule has 0 bridgehead atoms. The van der Waals surface area contributed by atoms with Gasteiger partial charge in [-0.1, -0.05) is 45.0 Å². The van der Waals surface area contributed by atoms with E-state index in [9.17, 15) is 0 Å². The largest absolute Gasteiger partial charge is 0.253 e. The minimum absolute atomic E-state index is 0.0845. The molecule has 0 atom stereocenters. The Hall–Kier alpha value is -2.05. The van der Waals surface area contributed by atoms with Gasteiger partial charge in [0.05, 0.1) is 17.6 Å². The van der Waals surface area contributed by atoms with E-state index >= 15 is 0 Å². The molecule has 0 fully saturated rings. The fourth-order valence-corrected chi connectivity index (χ4v) is 3.72. The van der Waals surface area contributed by atoms with Crippen molar-refractivity contribution in [3.8, 4) is 10.6 Å². The third kappa shape index (κ3) is 4.07. The summed E-state index contributed by atoms with van der Waals surface area (Å²) in [6.45, 7) is 8.51. The number of nitrogens with zero attached hydrogens (tertiary/aromatic N) is 3. The molecule has 3 rings (SSSR count). The number of aromatic nitrogens is 2. The van der Waals surface area contributed by atoms with E-state index in [0.717, 1.165) is 32.7 Å². The van der Waals surface area contributed by atoms with Gasteiger partial charge in [0.25, 0.3) is 0 Å². The summed E-state index contributed by atoms with van der Waals surface area (Å²) >= 11 is 3.23. The molecule has 0 spiro atoms. The highest BCUT2D eigenvalue weighted by molar-refractivity contribution is 7.13. The third-order valence-corrected chi connectivity index (χ3v) is 5.18. The molecule has 0 unspecified atom stereocenters. The second-order valence-electron chi connectivity index (χ2n) is 6.57. The molecule has 0 aliphatic heterocycles. The van der Waals surface area contributed by atoms with E-state index in [4.69, 9.17) is 4.98 Å². The molecule has 2 aromatic heterocycles. The molecule has 4 nitrogen and oxygen atoms in total. The van der Waals surface area contributed by atoms with E-state index in [1.807, 2.05) is 24.4 Å². The van der Waals surface area contributed by atoms with E-state index in [-0.39, 0.29) is 5.41 Å². The Kier molecular flexibility index (Phi) is 4.78. The van der Waals surface area contributed by atoms with Crippen molar-refractivity contribution < 1.29 is 0 Å². The Bertz CT molecular complexity index is 839. The van der Waals surface area contributed by atoms with Crippen LogP contribution in [-0.2, 0) is 5.41 Å². The Balaban J connectivity index is 1.68. The Morgan fingerprint density at radius 1 is 1.04 bits per heavy atom. The molecule has 6 heteroatoms. The van der Waals surface area contributed by atoms with Crippen LogP contribution in [0, 0.1) is 6.92 Å². The Labute approximate surface area is 150 Å². The highest BCUT2D eigenvalue weighted by Crippen LogP contribution is 2.29.